The van der Waals surface area contributed by atoms with Crippen LogP contribution in [-0.4, -0.2) is 61.2 Å². The molecule has 1 aliphatic heterocycles. The average molecular weight is 343 g/mol. The lowest BCUT2D eigenvalue weighted by molar-refractivity contribution is 0.0903. The van der Waals surface area contributed by atoms with Gasteiger partial charge in [-0.05, 0) is 50.2 Å². The van der Waals surface area contributed by atoms with Crippen LogP contribution in [0.2, 0.25) is 0 Å². The third-order valence-electron chi connectivity index (χ3n) is 4.42. The van der Waals surface area contributed by atoms with E-state index in [9.17, 15) is 4.79 Å². The van der Waals surface area contributed by atoms with Gasteiger partial charge in [-0.3, -0.25) is 4.79 Å². The molecule has 134 valence electrons. The van der Waals surface area contributed by atoms with Crippen molar-refractivity contribution < 1.29 is 9.32 Å². The van der Waals surface area contributed by atoms with E-state index in [1.54, 1.807) is 0 Å². The molecule has 0 unspecified atom stereocenters. The SMILES string of the molecule is CN(C)c1ccc(-c2noc(C(=O)NCCN3CCCCC3)n2)cc1. The van der Waals surface area contributed by atoms with Crippen LogP contribution in [-0.2, 0) is 0 Å². The first-order valence-electron chi connectivity index (χ1n) is 8.75. The van der Waals surface area contributed by atoms with Gasteiger partial charge in [-0.1, -0.05) is 11.6 Å². The van der Waals surface area contributed by atoms with Crippen molar-refractivity contribution in [3.05, 3.63) is 30.2 Å². The molecule has 1 amide bonds. The van der Waals surface area contributed by atoms with Crippen molar-refractivity contribution in [1.82, 2.24) is 20.4 Å². The standard InChI is InChI=1S/C18H25N5O2/c1-22(2)15-8-6-14(7-9-15)16-20-18(25-21-16)17(24)19-10-13-23-11-4-3-5-12-23/h6-9H,3-5,10-13H2,1-2H3,(H,19,24). The molecule has 2 aromatic rings. The van der Waals surface area contributed by atoms with E-state index in [4.69, 9.17) is 4.52 Å². The molecule has 1 aliphatic rings. The van der Waals surface area contributed by atoms with Gasteiger partial charge in [-0.25, -0.2) is 0 Å². The molecule has 3 rings (SSSR count). The van der Waals surface area contributed by atoms with Crippen LogP contribution in [0, 0.1) is 0 Å². The Balaban J connectivity index is 1.54. The minimum atomic E-state index is -0.319. The third kappa shape index (κ3) is 4.57. The molecule has 0 aliphatic carbocycles. The Bertz CT molecular complexity index is 690. The Morgan fingerprint density at radius 2 is 1.92 bits per heavy atom. The second kappa shape index (κ2) is 8.11. The van der Waals surface area contributed by atoms with Crippen molar-refractivity contribution in [3.63, 3.8) is 0 Å². The molecule has 0 saturated carbocycles. The van der Waals surface area contributed by atoms with Crippen LogP contribution in [0.25, 0.3) is 11.4 Å². The van der Waals surface area contributed by atoms with Crippen molar-refractivity contribution in [2.45, 2.75) is 19.3 Å². The molecule has 1 aromatic heterocycles. The van der Waals surface area contributed by atoms with Gasteiger partial charge in [0.25, 0.3) is 0 Å². The zero-order valence-corrected chi connectivity index (χ0v) is 14.9. The zero-order valence-electron chi connectivity index (χ0n) is 14.9. The van der Waals surface area contributed by atoms with Gasteiger partial charge >= 0.3 is 11.8 Å². The van der Waals surface area contributed by atoms with Crippen molar-refractivity contribution >= 4 is 11.6 Å². The third-order valence-corrected chi connectivity index (χ3v) is 4.42. The van der Waals surface area contributed by atoms with Gasteiger partial charge in [0.1, 0.15) is 0 Å². The second-order valence-electron chi connectivity index (χ2n) is 6.52. The van der Waals surface area contributed by atoms with E-state index in [1.165, 1.54) is 19.3 Å². The summed E-state index contributed by atoms with van der Waals surface area (Å²) >= 11 is 0. The number of carbonyl (C=O) groups excluding carboxylic acids is 1. The first-order valence-corrected chi connectivity index (χ1v) is 8.75. The van der Waals surface area contributed by atoms with Crippen molar-refractivity contribution in [3.8, 4) is 11.4 Å². The Kier molecular flexibility index (Phi) is 5.65. The monoisotopic (exact) mass is 343 g/mol. The molecule has 0 spiro atoms. The number of hydrogen-bond donors (Lipinski definition) is 1. The summed E-state index contributed by atoms with van der Waals surface area (Å²) in [5.74, 6) is 0.109. The number of amides is 1. The van der Waals surface area contributed by atoms with E-state index in [0.717, 1.165) is 30.9 Å². The number of hydrogen-bond acceptors (Lipinski definition) is 6. The van der Waals surface area contributed by atoms with Crippen LogP contribution in [0.5, 0.6) is 0 Å². The normalized spacial score (nSPS) is 15.1. The Morgan fingerprint density at radius 3 is 2.60 bits per heavy atom. The van der Waals surface area contributed by atoms with Crippen LogP contribution in [0.4, 0.5) is 5.69 Å². The fourth-order valence-corrected chi connectivity index (χ4v) is 2.93. The van der Waals surface area contributed by atoms with Gasteiger partial charge in [-0.2, -0.15) is 4.98 Å². The van der Waals surface area contributed by atoms with E-state index in [-0.39, 0.29) is 11.8 Å². The first-order chi connectivity index (χ1) is 12.1. The van der Waals surface area contributed by atoms with Gasteiger partial charge in [0, 0.05) is 38.4 Å². The summed E-state index contributed by atoms with van der Waals surface area (Å²) in [5, 5.41) is 6.76. The average Bonchev–Trinajstić information content (AvgIpc) is 3.13. The quantitative estimate of drug-likeness (QED) is 0.865. The molecule has 0 atom stereocenters. The van der Waals surface area contributed by atoms with E-state index in [2.05, 4.69) is 20.4 Å². The molecular formula is C18H25N5O2. The summed E-state index contributed by atoms with van der Waals surface area (Å²) in [4.78, 5) is 20.7. The number of carbonyl (C=O) groups is 1. The molecule has 25 heavy (non-hydrogen) atoms. The predicted molar refractivity (Wildman–Crippen MR) is 96.7 cm³/mol. The zero-order chi connectivity index (χ0) is 17.6. The molecule has 0 bridgehead atoms. The summed E-state index contributed by atoms with van der Waals surface area (Å²) in [5.41, 5.74) is 1.91. The fraction of sp³-hybridized carbons (Fsp3) is 0.500. The molecular weight excluding hydrogens is 318 g/mol. The summed E-state index contributed by atoms with van der Waals surface area (Å²) in [6.07, 6.45) is 3.80. The molecule has 0 radical (unpaired) electrons. The minimum Gasteiger partial charge on any atom is -0.378 e. The van der Waals surface area contributed by atoms with E-state index >= 15 is 0 Å². The van der Waals surface area contributed by atoms with Crippen LogP contribution < -0.4 is 10.2 Å². The topological polar surface area (TPSA) is 74.5 Å². The molecule has 1 N–H and O–H groups in total. The molecule has 7 nitrogen and oxygen atoms in total. The Morgan fingerprint density at radius 1 is 1.20 bits per heavy atom. The number of rotatable bonds is 6. The van der Waals surface area contributed by atoms with E-state index in [1.807, 2.05) is 43.3 Å². The predicted octanol–water partition coefficient (Wildman–Crippen LogP) is 2.02. The van der Waals surface area contributed by atoms with Gasteiger partial charge in [0.15, 0.2) is 0 Å². The Labute approximate surface area is 148 Å². The number of anilines is 1. The summed E-state index contributed by atoms with van der Waals surface area (Å²) in [6.45, 7) is 3.68. The molecule has 1 aromatic carbocycles. The number of nitrogens with one attached hydrogen (secondary N) is 1. The number of aromatic nitrogens is 2. The van der Waals surface area contributed by atoms with Crippen molar-refractivity contribution in [2.24, 2.45) is 0 Å². The van der Waals surface area contributed by atoms with Gasteiger partial charge < -0.3 is 19.6 Å². The van der Waals surface area contributed by atoms with Gasteiger partial charge in [0.2, 0.25) is 5.82 Å². The molecule has 1 saturated heterocycles. The highest BCUT2D eigenvalue weighted by Gasteiger charge is 2.16. The lowest BCUT2D eigenvalue weighted by atomic mass is 10.1. The number of piperidine rings is 1. The fourth-order valence-electron chi connectivity index (χ4n) is 2.93. The number of nitrogens with zero attached hydrogens (tertiary/aromatic N) is 4. The maximum atomic E-state index is 12.1. The molecule has 1 fully saturated rings. The highest BCUT2D eigenvalue weighted by molar-refractivity contribution is 5.89. The highest BCUT2D eigenvalue weighted by Crippen LogP contribution is 2.19. The van der Waals surface area contributed by atoms with E-state index < -0.39 is 0 Å². The smallest absolute Gasteiger partial charge is 0.316 e. The van der Waals surface area contributed by atoms with Crippen LogP contribution in [0.15, 0.2) is 28.8 Å². The van der Waals surface area contributed by atoms with Crippen LogP contribution >= 0.6 is 0 Å². The Hall–Kier alpha value is -2.41. The largest absolute Gasteiger partial charge is 0.378 e. The van der Waals surface area contributed by atoms with Crippen LogP contribution in [0.1, 0.15) is 29.9 Å². The summed E-state index contributed by atoms with van der Waals surface area (Å²) in [6, 6.07) is 7.78. The number of likely N-dealkylation sites (tertiary alicyclic amines) is 1. The maximum Gasteiger partial charge on any atom is 0.316 e. The van der Waals surface area contributed by atoms with Crippen LogP contribution in [0.3, 0.4) is 0 Å². The molecule has 7 heteroatoms. The van der Waals surface area contributed by atoms with E-state index in [0.29, 0.717) is 12.4 Å². The lowest BCUT2D eigenvalue weighted by Gasteiger charge is -2.26. The lowest BCUT2D eigenvalue weighted by Crippen LogP contribution is -2.37. The second-order valence-corrected chi connectivity index (χ2v) is 6.52. The summed E-state index contributed by atoms with van der Waals surface area (Å²) < 4.78 is 5.10. The minimum absolute atomic E-state index is 0.00494. The summed E-state index contributed by atoms with van der Waals surface area (Å²) in [7, 11) is 3.96. The van der Waals surface area contributed by atoms with Gasteiger partial charge in [0.05, 0.1) is 0 Å². The first kappa shape index (κ1) is 17.4. The molecule has 2 heterocycles. The maximum absolute atomic E-state index is 12.1. The highest BCUT2D eigenvalue weighted by atomic mass is 16.5. The van der Waals surface area contributed by atoms with Crippen molar-refractivity contribution in [2.75, 3.05) is 45.2 Å². The number of benzene rings is 1. The van der Waals surface area contributed by atoms with Crippen molar-refractivity contribution in [1.29, 1.82) is 0 Å². The van der Waals surface area contributed by atoms with Gasteiger partial charge in [-0.15, -0.1) is 0 Å².